The van der Waals surface area contributed by atoms with E-state index in [1.807, 2.05) is 71.7 Å². The van der Waals surface area contributed by atoms with Gasteiger partial charge in [0.05, 0.1) is 86.5 Å². The van der Waals surface area contributed by atoms with E-state index in [1.54, 1.807) is 39.8 Å². The normalized spacial score (nSPS) is 25.4. The number of nitrogens with one attached hydrogen (secondary N) is 2. The molecule has 22 heteroatoms. The second-order valence-electron chi connectivity index (χ2n) is 25.9. The molecule has 5 aromatic carbocycles. The van der Waals surface area contributed by atoms with Crippen molar-refractivity contribution < 1.29 is 58.9 Å². The first kappa shape index (κ1) is 70.3. The Labute approximate surface area is 569 Å². The average molecular weight is 1350 g/mol. The predicted octanol–water partition coefficient (Wildman–Crippen LogP) is 13.1. The lowest BCUT2D eigenvalue weighted by Gasteiger charge is -2.38. The van der Waals surface area contributed by atoms with Crippen LogP contribution in [0.3, 0.4) is 0 Å². The summed E-state index contributed by atoms with van der Waals surface area (Å²) in [5, 5.41) is 73.3. The highest BCUT2D eigenvalue weighted by Crippen LogP contribution is 2.55. The van der Waals surface area contributed by atoms with E-state index in [4.69, 9.17) is 52.1 Å². The zero-order valence-electron chi connectivity index (χ0n) is 56.0. The Morgan fingerprint density at radius 1 is 0.844 bits per heavy atom. The van der Waals surface area contributed by atoms with Gasteiger partial charge in [-0.1, -0.05) is 94.1 Å². The number of hydrogen-bond acceptors (Lipinski definition) is 18. The van der Waals surface area contributed by atoms with E-state index in [9.17, 15) is 39.9 Å². The van der Waals surface area contributed by atoms with Crippen LogP contribution in [0.25, 0.3) is 38.9 Å². The van der Waals surface area contributed by atoms with Gasteiger partial charge in [-0.2, -0.15) is 5.10 Å². The molecule has 20 nitrogen and oxygen atoms in total. The van der Waals surface area contributed by atoms with Crippen molar-refractivity contribution in [1.82, 2.24) is 19.5 Å². The largest absolute Gasteiger partial charge is 0.507 e. The van der Waals surface area contributed by atoms with Crippen molar-refractivity contribution in [3.8, 4) is 40.1 Å². The molecule has 7 aliphatic rings. The maximum Gasteiger partial charge on any atom is 0.312 e. The third kappa shape index (κ3) is 14.9. The summed E-state index contributed by atoms with van der Waals surface area (Å²) < 4.78 is 25.9. The molecule has 0 aromatic heterocycles. The van der Waals surface area contributed by atoms with Crippen LogP contribution in [0.15, 0.2) is 131 Å². The van der Waals surface area contributed by atoms with Gasteiger partial charge in [0.25, 0.3) is 11.7 Å². The number of nitrogens with zero attached hydrogens (tertiary/aromatic N) is 6. The van der Waals surface area contributed by atoms with Crippen LogP contribution in [-0.4, -0.2) is 144 Å². The number of piperazine rings is 1. The Morgan fingerprint density at radius 2 is 1.51 bits per heavy atom. The third-order valence-electron chi connectivity index (χ3n) is 18.8. The number of anilines is 3. The molecular formula is C74H86Cl2N8O12. The fraction of sp³-hybridized carbons (Fsp3) is 0.405. The standard InChI is InChI=1S/C47H64N4O12.C27H22Cl2N4/c1-24-13-12-14-25(2)46(59)49-37-32(23-48-51-20-18-50(19-21-51)31-15-10-11-16-31)41(56)34-35(42(37)57)40(55)29(6)44-36(34)45(58)47(8,63-44)61-22-17-33(60-9)26(3)43(62-30(7)52)28(5)39(54)27(4)38(24)53;1-17(2)30-24-16-27-25(15-23(24)31-20-11-7-18(28)8-12-20)32-22-5-3-4-6-26(22)33(27)21-13-9-19(29)10-14-21/h12-14,17,22-24,26-28,31,33,38-39,43,53-57H,10-11,15-16,18-21H2,1-9H3,(H,49,59);3-17,31H,1-2H3/b13-12+,22-17+,25-14-,48-23-;/t24-,26-,27-,28-,33+,38+,39+,43-,47+;/m1./s1. The summed E-state index contributed by atoms with van der Waals surface area (Å²) >= 11 is 12.2. The number of rotatable bonds is 9. The number of aliphatic hydroxyl groups excluding tert-OH is 2. The number of carbonyl (C=O) groups excluding carboxylic acids is 3. The predicted molar refractivity (Wildman–Crippen MR) is 375 cm³/mol. The first-order chi connectivity index (χ1) is 45.8. The van der Waals surface area contributed by atoms with Crippen LogP contribution in [0.1, 0.15) is 109 Å². The van der Waals surface area contributed by atoms with E-state index in [1.165, 1.54) is 85.1 Å². The van der Waals surface area contributed by atoms with Gasteiger partial charge in [-0.05, 0) is 119 Å². The number of ether oxygens (including phenoxy) is 4. The van der Waals surface area contributed by atoms with Crippen molar-refractivity contribution in [2.45, 2.75) is 137 Å². The Kier molecular flexibility index (Phi) is 21.9. The summed E-state index contributed by atoms with van der Waals surface area (Å²) in [6.45, 7) is 19.5. The topological polar surface area (TPSA) is 262 Å². The SMILES string of the molecule is CC(C)N=c1cc2n(-c3ccc(Cl)cc3)c3ccccc3nc-2cc1Nc1ccc(Cl)cc1.CO[C@H]1/C=C/O[C@@]2(C)Oc3c(C)c(O)c4c(O)c(c(/C=N\N5CCN(C6CCCC6)CC5)c(O)c4c3C2=O)NC(=O)/C(C)=C\C=C\[C@@H](C)[C@H](O)[C@@H](C)[C@H](O)[C@@H](C)[C@H](OC(C)=O)[C@@H]1C. The van der Waals surface area contributed by atoms with Gasteiger partial charge in [0, 0.05) is 121 Å². The molecule has 12 rings (SSSR count). The zero-order chi connectivity index (χ0) is 69.0. The number of amides is 1. The van der Waals surface area contributed by atoms with Crippen molar-refractivity contribution in [2.24, 2.45) is 33.8 Å². The lowest BCUT2D eigenvalue weighted by molar-refractivity contribution is -0.160. The number of aromatic nitrogens is 2. The van der Waals surface area contributed by atoms with E-state index in [0.29, 0.717) is 29.2 Å². The fourth-order valence-electron chi connectivity index (χ4n) is 13.4. The molecule has 1 saturated carbocycles. The molecule has 1 saturated heterocycles. The highest BCUT2D eigenvalue weighted by Gasteiger charge is 2.50. The number of phenolic OH excluding ortho intramolecular Hbond substituents is 3. The lowest BCUT2D eigenvalue weighted by atomic mass is 9.78. The molecule has 5 aliphatic heterocycles. The highest BCUT2D eigenvalue weighted by atomic mass is 35.5. The number of esters is 1. The monoisotopic (exact) mass is 1350 g/mol. The van der Waals surface area contributed by atoms with E-state index < -0.39 is 88.8 Å². The maximum absolute atomic E-state index is 14.5. The van der Waals surface area contributed by atoms with Gasteiger partial charge in [0.1, 0.15) is 23.4 Å². The molecule has 0 radical (unpaired) electrons. The fourth-order valence-corrected chi connectivity index (χ4v) is 13.6. The first-order valence-corrected chi connectivity index (χ1v) is 33.4. The summed E-state index contributed by atoms with van der Waals surface area (Å²) in [6.07, 6.45) is 9.75. The minimum absolute atomic E-state index is 0.0631. The smallest absolute Gasteiger partial charge is 0.312 e. The average Bonchev–Trinajstić information content (AvgIpc) is 1.27. The lowest BCUT2D eigenvalue weighted by Crippen LogP contribution is -2.47. The Hall–Kier alpha value is -8.50. The molecule has 0 spiro atoms. The number of fused-ring (bicyclic) bond motifs is 16. The van der Waals surface area contributed by atoms with Crippen molar-refractivity contribution in [3.05, 3.63) is 153 Å². The Bertz CT molecular complexity index is 4200. The quantitative estimate of drug-likeness (QED) is 0.0233. The second-order valence-corrected chi connectivity index (χ2v) is 26.8. The number of halogens is 2. The molecule has 5 bridgehead atoms. The van der Waals surface area contributed by atoms with Crippen LogP contribution in [0.4, 0.5) is 17.1 Å². The van der Waals surface area contributed by atoms with E-state index >= 15 is 0 Å². The summed E-state index contributed by atoms with van der Waals surface area (Å²) in [6, 6.07) is 28.5. The van der Waals surface area contributed by atoms with Gasteiger partial charge in [-0.3, -0.25) is 29.3 Å². The summed E-state index contributed by atoms with van der Waals surface area (Å²) in [5.41, 5.74) is 6.30. The number of Topliss-reactive ketones (excluding diaryl/α,β-unsaturated/α-hetero) is 1. The Morgan fingerprint density at radius 3 is 2.17 bits per heavy atom. The number of hydrogen-bond donors (Lipinski definition) is 7. The van der Waals surface area contributed by atoms with Gasteiger partial charge < -0.3 is 59.7 Å². The number of allylic oxidation sites excluding steroid dienone is 2. The van der Waals surface area contributed by atoms with Crippen LogP contribution in [0.2, 0.25) is 10.0 Å². The number of aromatic hydroxyl groups is 3. The maximum atomic E-state index is 14.5. The minimum atomic E-state index is -2.04. The van der Waals surface area contributed by atoms with Crippen LogP contribution in [-0.2, 0) is 23.8 Å². The van der Waals surface area contributed by atoms with Crippen molar-refractivity contribution in [1.29, 1.82) is 0 Å². The molecule has 9 atom stereocenters. The molecule has 2 fully saturated rings. The van der Waals surface area contributed by atoms with Gasteiger partial charge >= 0.3 is 11.8 Å². The molecule has 2 aliphatic carbocycles. The number of ketones is 1. The number of para-hydroxylation sites is 2. The molecule has 1 amide bonds. The number of carbonyl (C=O) groups is 3. The number of aliphatic hydroxyl groups is 2. The second kappa shape index (κ2) is 29.9. The summed E-state index contributed by atoms with van der Waals surface area (Å²) in [4.78, 5) is 53.1. The Balaban J connectivity index is 0.000000253. The van der Waals surface area contributed by atoms with Crippen molar-refractivity contribution in [2.75, 3.05) is 43.9 Å². The van der Waals surface area contributed by atoms with E-state index in [-0.39, 0.29) is 50.5 Å². The number of benzene rings is 6. The van der Waals surface area contributed by atoms with Gasteiger partial charge in [-0.15, -0.1) is 0 Å². The summed E-state index contributed by atoms with van der Waals surface area (Å²) in [5.74, 6) is -8.28. The van der Waals surface area contributed by atoms with Gasteiger partial charge in [0.15, 0.2) is 5.75 Å². The number of phenols is 3. The molecule has 5 aromatic rings. The first-order valence-electron chi connectivity index (χ1n) is 32.7. The summed E-state index contributed by atoms with van der Waals surface area (Å²) in [7, 11) is 1.44. The third-order valence-corrected chi connectivity index (χ3v) is 19.3. The molecule has 5 heterocycles. The van der Waals surface area contributed by atoms with E-state index in [2.05, 4.69) is 57.2 Å². The molecule has 508 valence electrons. The molecule has 0 unspecified atom stereocenters. The highest BCUT2D eigenvalue weighted by molar-refractivity contribution is 6.31. The van der Waals surface area contributed by atoms with Crippen molar-refractivity contribution in [3.63, 3.8) is 0 Å². The minimum Gasteiger partial charge on any atom is -0.507 e. The molecule has 7 N–H and O–H groups in total. The molecule has 96 heavy (non-hydrogen) atoms. The number of hydrazone groups is 1. The van der Waals surface area contributed by atoms with Crippen LogP contribution in [0.5, 0.6) is 23.0 Å². The van der Waals surface area contributed by atoms with Gasteiger partial charge in [0.2, 0.25) is 0 Å². The zero-order valence-corrected chi connectivity index (χ0v) is 57.5. The van der Waals surface area contributed by atoms with Crippen molar-refractivity contribution >= 4 is 85.9 Å². The van der Waals surface area contributed by atoms with Gasteiger partial charge in [-0.25, -0.2) is 4.98 Å². The number of methoxy groups -OCH3 is 1. The van der Waals surface area contributed by atoms with Crippen LogP contribution < -0.4 is 20.7 Å². The molecular weight excluding hydrogens is 1260 g/mol. The van der Waals surface area contributed by atoms with Crippen LogP contribution in [0, 0.1) is 30.6 Å². The van der Waals surface area contributed by atoms with E-state index in [0.717, 1.165) is 57.9 Å². The van der Waals surface area contributed by atoms with Crippen LogP contribution >= 0.6 is 23.2 Å².